The van der Waals surface area contributed by atoms with Crippen LogP contribution in [0, 0.1) is 6.92 Å². The fraction of sp³-hybridized carbons (Fsp3) is 0.625. The minimum absolute atomic E-state index is 0.280. The lowest BCUT2D eigenvalue weighted by molar-refractivity contribution is 0.475. The van der Waals surface area contributed by atoms with Crippen molar-refractivity contribution in [1.29, 1.82) is 0 Å². The molecule has 0 fully saturated rings. The molecule has 1 aromatic carbocycles. The molecule has 17 heavy (non-hydrogen) atoms. The molecule has 1 heteroatoms. The van der Waals surface area contributed by atoms with Crippen LogP contribution in [-0.2, 0) is 5.41 Å². The van der Waals surface area contributed by atoms with Crippen LogP contribution in [0.1, 0.15) is 57.6 Å². The third kappa shape index (κ3) is 4.27. The number of hydrogen-bond donors (Lipinski definition) is 0. The van der Waals surface area contributed by atoms with Gasteiger partial charge in [0, 0.05) is 9.34 Å². The molecule has 0 bridgehead atoms. The number of unbranched alkanes of at least 4 members (excludes halogenated alkanes) is 2. The quantitative estimate of drug-likeness (QED) is 0.355. The van der Waals surface area contributed by atoms with Crippen molar-refractivity contribution in [2.45, 2.75) is 62.7 Å². The highest BCUT2D eigenvalue weighted by atomic mass is 127. The van der Waals surface area contributed by atoms with Gasteiger partial charge in [0.05, 0.1) is 0 Å². The van der Waals surface area contributed by atoms with E-state index in [0.717, 1.165) is 0 Å². The van der Waals surface area contributed by atoms with E-state index in [-0.39, 0.29) is 5.41 Å². The predicted molar refractivity (Wildman–Crippen MR) is 86.2 cm³/mol. The second kappa shape index (κ2) is 6.77. The maximum atomic E-state index is 2.64. The van der Waals surface area contributed by atoms with E-state index in [2.05, 4.69) is 74.6 Å². The van der Waals surface area contributed by atoms with Crippen molar-refractivity contribution >= 4 is 22.6 Å². The van der Waals surface area contributed by atoms with E-state index in [1.165, 1.54) is 36.8 Å². The van der Waals surface area contributed by atoms with E-state index in [0.29, 0.717) is 3.92 Å². The monoisotopic (exact) mass is 344 g/mol. The molecule has 0 spiro atoms. The van der Waals surface area contributed by atoms with Gasteiger partial charge in [0.25, 0.3) is 0 Å². The molecule has 96 valence electrons. The summed E-state index contributed by atoms with van der Waals surface area (Å²) in [5.74, 6) is 0. The van der Waals surface area contributed by atoms with Gasteiger partial charge < -0.3 is 0 Å². The lowest BCUT2D eigenvalue weighted by Crippen LogP contribution is -2.29. The second-order valence-corrected chi connectivity index (χ2v) is 7.05. The van der Waals surface area contributed by atoms with Crippen LogP contribution in [0.2, 0.25) is 0 Å². The number of rotatable bonds is 6. The number of alkyl halides is 1. The molecule has 1 unspecified atom stereocenters. The Labute approximate surface area is 120 Å². The second-order valence-electron chi connectivity index (χ2n) is 5.55. The van der Waals surface area contributed by atoms with Crippen molar-refractivity contribution in [3.05, 3.63) is 35.4 Å². The lowest BCUT2D eigenvalue weighted by Gasteiger charge is -2.31. The summed E-state index contributed by atoms with van der Waals surface area (Å²) >= 11 is 2.64. The topological polar surface area (TPSA) is 0 Å². The predicted octanol–water partition coefficient (Wildman–Crippen LogP) is 5.66. The van der Waals surface area contributed by atoms with Gasteiger partial charge >= 0.3 is 0 Å². The summed E-state index contributed by atoms with van der Waals surface area (Å²) in [4.78, 5) is 0. The van der Waals surface area contributed by atoms with Crippen LogP contribution in [-0.4, -0.2) is 3.92 Å². The smallest absolute Gasteiger partial charge is 0.0201 e. The Kier molecular flexibility index (Phi) is 5.98. The highest BCUT2D eigenvalue weighted by Crippen LogP contribution is 2.35. The first-order chi connectivity index (χ1) is 7.98. The van der Waals surface area contributed by atoms with Gasteiger partial charge in [0.1, 0.15) is 0 Å². The van der Waals surface area contributed by atoms with Crippen LogP contribution in [0.15, 0.2) is 24.3 Å². The van der Waals surface area contributed by atoms with Gasteiger partial charge in [-0.2, -0.15) is 0 Å². The fourth-order valence-electron chi connectivity index (χ4n) is 2.10. The lowest BCUT2D eigenvalue weighted by atomic mass is 9.79. The fourth-order valence-corrected chi connectivity index (χ4v) is 2.90. The van der Waals surface area contributed by atoms with Gasteiger partial charge in [-0.15, -0.1) is 0 Å². The number of benzene rings is 1. The molecule has 0 aliphatic heterocycles. The van der Waals surface area contributed by atoms with Crippen molar-refractivity contribution in [1.82, 2.24) is 0 Å². The minimum Gasteiger partial charge on any atom is -0.0817 e. The SMILES string of the molecule is CCCCCC(I)C(C)(C)c1ccc(C)cc1. The van der Waals surface area contributed by atoms with Gasteiger partial charge in [-0.1, -0.05) is 92.5 Å². The summed E-state index contributed by atoms with van der Waals surface area (Å²) in [6.45, 7) is 9.17. The number of aryl methyl sites for hydroxylation is 1. The van der Waals surface area contributed by atoms with Crippen molar-refractivity contribution in [2.24, 2.45) is 0 Å². The Morgan fingerprint density at radius 3 is 2.24 bits per heavy atom. The summed E-state index contributed by atoms with van der Waals surface area (Å²) in [6, 6.07) is 9.04. The summed E-state index contributed by atoms with van der Waals surface area (Å²) in [6.07, 6.45) is 5.37. The Hall–Kier alpha value is -0.0500. The largest absolute Gasteiger partial charge is 0.0817 e. The highest BCUT2D eigenvalue weighted by Gasteiger charge is 2.28. The van der Waals surface area contributed by atoms with Gasteiger partial charge in [-0.05, 0) is 18.9 Å². The molecule has 1 atom stereocenters. The molecule has 0 aliphatic carbocycles. The molecule has 0 aromatic heterocycles. The molecule has 0 amide bonds. The van der Waals surface area contributed by atoms with Crippen LogP contribution >= 0.6 is 22.6 Å². The van der Waals surface area contributed by atoms with E-state index < -0.39 is 0 Å². The summed E-state index contributed by atoms with van der Waals surface area (Å²) in [7, 11) is 0. The summed E-state index contributed by atoms with van der Waals surface area (Å²) in [5, 5.41) is 0. The third-order valence-corrected chi connectivity index (χ3v) is 5.82. The van der Waals surface area contributed by atoms with E-state index in [1.54, 1.807) is 0 Å². The average molecular weight is 344 g/mol. The first kappa shape index (κ1) is 15.0. The molecule has 0 aliphatic rings. The first-order valence-electron chi connectivity index (χ1n) is 6.69. The van der Waals surface area contributed by atoms with Crippen LogP contribution < -0.4 is 0 Å². The normalized spacial score (nSPS) is 13.7. The molecule has 0 nitrogen and oxygen atoms in total. The zero-order valence-electron chi connectivity index (χ0n) is 11.6. The van der Waals surface area contributed by atoms with Crippen LogP contribution in [0.4, 0.5) is 0 Å². The zero-order chi connectivity index (χ0) is 12.9. The average Bonchev–Trinajstić information content (AvgIpc) is 2.29. The Morgan fingerprint density at radius 2 is 1.71 bits per heavy atom. The van der Waals surface area contributed by atoms with Gasteiger partial charge in [-0.3, -0.25) is 0 Å². The highest BCUT2D eigenvalue weighted by molar-refractivity contribution is 14.1. The van der Waals surface area contributed by atoms with Gasteiger partial charge in [0.15, 0.2) is 0 Å². The van der Waals surface area contributed by atoms with E-state index in [1.807, 2.05) is 0 Å². The molecule has 0 heterocycles. The standard InChI is InChI=1S/C16H25I/c1-5-6-7-8-15(17)16(3,4)14-11-9-13(2)10-12-14/h9-12,15H,5-8H2,1-4H3. The Balaban J connectivity index is 2.68. The van der Waals surface area contributed by atoms with E-state index in [9.17, 15) is 0 Å². The number of hydrogen-bond acceptors (Lipinski definition) is 0. The molecule has 1 rings (SSSR count). The van der Waals surface area contributed by atoms with Crippen molar-refractivity contribution in [2.75, 3.05) is 0 Å². The van der Waals surface area contributed by atoms with Crippen LogP contribution in [0.5, 0.6) is 0 Å². The van der Waals surface area contributed by atoms with Gasteiger partial charge in [-0.25, -0.2) is 0 Å². The Morgan fingerprint density at radius 1 is 1.12 bits per heavy atom. The summed E-state index contributed by atoms with van der Waals surface area (Å²) in [5.41, 5.74) is 3.10. The molecule has 1 aromatic rings. The molecule has 0 saturated heterocycles. The first-order valence-corrected chi connectivity index (χ1v) is 7.94. The zero-order valence-corrected chi connectivity index (χ0v) is 13.8. The van der Waals surface area contributed by atoms with Gasteiger partial charge in [0.2, 0.25) is 0 Å². The van der Waals surface area contributed by atoms with E-state index >= 15 is 0 Å². The summed E-state index contributed by atoms with van der Waals surface area (Å²) < 4.78 is 0.717. The van der Waals surface area contributed by atoms with Crippen molar-refractivity contribution in [3.8, 4) is 0 Å². The molecule has 0 N–H and O–H groups in total. The third-order valence-electron chi connectivity index (χ3n) is 3.64. The van der Waals surface area contributed by atoms with Crippen molar-refractivity contribution in [3.63, 3.8) is 0 Å². The Bertz CT molecular complexity index is 324. The minimum atomic E-state index is 0.280. The number of halogens is 1. The molecular formula is C16H25I. The van der Waals surface area contributed by atoms with E-state index in [4.69, 9.17) is 0 Å². The molecule has 0 radical (unpaired) electrons. The van der Waals surface area contributed by atoms with Crippen LogP contribution in [0.3, 0.4) is 0 Å². The van der Waals surface area contributed by atoms with Crippen molar-refractivity contribution < 1.29 is 0 Å². The van der Waals surface area contributed by atoms with Crippen LogP contribution in [0.25, 0.3) is 0 Å². The maximum Gasteiger partial charge on any atom is 0.0201 e. The maximum absolute atomic E-state index is 2.64. The molecular weight excluding hydrogens is 319 g/mol. The molecule has 0 saturated carbocycles.